The number of anilines is 1. The molecule has 0 saturated carbocycles. The molecule has 0 spiro atoms. The molecule has 16 heavy (non-hydrogen) atoms. The zero-order valence-corrected chi connectivity index (χ0v) is 9.09. The van der Waals surface area contributed by atoms with E-state index in [2.05, 4.69) is 10.3 Å². The summed E-state index contributed by atoms with van der Waals surface area (Å²) in [5.74, 6) is 0.474. The van der Waals surface area contributed by atoms with Gasteiger partial charge in [0.2, 0.25) is 5.82 Å². The van der Waals surface area contributed by atoms with Crippen LogP contribution in [0, 0.1) is 10.1 Å². The highest BCUT2D eigenvalue weighted by Crippen LogP contribution is 2.26. The van der Waals surface area contributed by atoms with E-state index in [9.17, 15) is 10.1 Å². The number of nitrogens with zero attached hydrogens (tertiary/aromatic N) is 3. The Labute approximate surface area is 93.4 Å². The van der Waals surface area contributed by atoms with E-state index in [0.717, 1.165) is 19.6 Å². The van der Waals surface area contributed by atoms with E-state index in [1.54, 1.807) is 12.3 Å². The Balaban J connectivity index is 2.34. The summed E-state index contributed by atoms with van der Waals surface area (Å²) in [5, 5.41) is 14.1. The van der Waals surface area contributed by atoms with Crippen LogP contribution in [-0.4, -0.2) is 35.6 Å². The molecular weight excluding hydrogens is 208 g/mol. The number of pyridine rings is 1. The quantitative estimate of drug-likeness (QED) is 0.591. The minimum atomic E-state index is -0.378. The summed E-state index contributed by atoms with van der Waals surface area (Å²) in [7, 11) is 0. The lowest BCUT2D eigenvalue weighted by Gasteiger charge is -2.34. The fourth-order valence-corrected chi connectivity index (χ4v) is 1.91. The Kier molecular flexibility index (Phi) is 3.00. The zero-order chi connectivity index (χ0) is 11.5. The Morgan fingerprint density at radius 1 is 1.69 bits per heavy atom. The van der Waals surface area contributed by atoms with Crippen LogP contribution in [0.25, 0.3) is 0 Å². The highest BCUT2D eigenvalue weighted by molar-refractivity contribution is 5.58. The standard InChI is InChI=1S/C10H14N4O2/c1-8-7-11-5-6-13(8)10-9(14(15)16)3-2-4-12-10/h2-4,8,11H,5-7H2,1H3/t8-/m1/s1. The maximum Gasteiger partial charge on any atom is 0.311 e. The molecule has 0 aliphatic carbocycles. The number of rotatable bonds is 2. The van der Waals surface area contributed by atoms with Gasteiger partial charge in [0.15, 0.2) is 0 Å². The fraction of sp³-hybridized carbons (Fsp3) is 0.500. The summed E-state index contributed by atoms with van der Waals surface area (Å²) < 4.78 is 0. The predicted octanol–water partition coefficient (Wildman–Crippen LogP) is 0.788. The second-order valence-electron chi connectivity index (χ2n) is 3.85. The first kappa shape index (κ1) is 10.8. The van der Waals surface area contributed by atoms with Gasteiger partial charge in [-0.25, -0.2) is 4.98 Å². The van der Waals surface area contributed by atoms with E-state index < -0.39 is 0 Å². The first-order valence-electron chi connectivity index (χ1n) is 5.27. The number of nitrogens with one attached hydrogen (secondary N) is 1. The van der Waals surface area contributed by atoms with Crippen molar-refractivity contribution in [2.45, 2.75) is 13.0 Å². The largest absolute Gasteiger partial charge is 0.346 e. The third-order valence-electron chi connectivity index (χ3n) is 2.74. The second-order valence-corrected chi connectivity index (χ2v) is 3.85. The average molecular weight is 222 g/mol. The van der Waals surface area contributed by atoms with E-state index in [1.807, 2.05) is 11.8 Å². The maximum absolute atomic E-state index is 10.9. The normalized spacial score (nSPS) is 20.8. The Bertz CT molecular complexity index is 396. The highest BCUT2D eigenvalue weighted by atomic mass is 16.6. The molecule has 1 aromatic rings. The molecule has 1 aliphatic rings. The molecule has 0 bridgehead atoms. The van der Waals surface area contributed by atoms with Crippen molar-refractivity contribution in [2.75, 3.05) is 24.5 Å². The molecule has 6 heteroatoms. The van der Waals surface area contributed by atoms with Gasteiger partial charge in [0.05, 0.1) is 4.92 Å². The number of hydrogen-bond acceptors (Lipinski definition) is 5. The molecule has 1 atom stereocenters. The summed E-state index contributed by atoms with van der Waals surface area (Å²) in [6.45, 7) is 4.44. The van der Waals surface area contributed by atoms with Crippen LogP contribution in [0.3, 0.4) is 0 Å². The summed E-state index contributed by atoms with van der Waals surface area (Å²) in [5.41, 5.74) is 0.0799. The summed E-state index contributed by atoms with van der Waals surface area (Å²) >= 11 is 0. The van der Waals surface area contributed by atoms with Crippen molar-refractivity contribution >= 4 is 11.5 Å². The van der Waals surface area contributed by atoms with Crippen molar-refractivity contribution in [1.82, 2.24) is 10.3 Å². The summed E-state index contributed by atoms with van der Waals surface area (Å²) in [6.07, 6.45) is 1.59. The molecule has 1 aliphatic heterocycles. The third kappa shape index (κ3) is 1.96. The van der Waals surface area contributed by atoms with Crippen LogP contribution in [0.4, 0.5) is 11.5 Å². The number of aromatic nitrogens is 1. The molecule has 2 rings (SSSR count). The topological polar surface area (TPSA) is 71.3 Å². The molecule has 0 aromatic carbocycles. The van der Waals surface area contributed by atoms with Gasteiger partial charge in [-0.3, -0.25) is 10.1 Å². The second kappa shape index (κ2) is 4.44. The van der Waals surface area contributed by atoms with Crippen molar-refractivity contribution in [2.24, 2.45) is 0 Å². The van der Waals surface area contributed by atoms with Crippen molar-refractivity contribution in [3.63, 3.8) is 0 Å². The SMILES string of the molecule is C[C@@H]1CNCCN1c1ncccc1[N+](=O)[O-]. The molecule has 0 radical (unpaired) electrons. The molecule has 1 N–H and O–H groups in total. The molecule has 0 unspecified atom stereocenters. The monoisotopic (exact) mass is 222 g/mol. The van der Waals surface area contributed by atoms with E-state index in [4.69, 9.17) is 0 Å². The van der Waals surface area contributed by atoms with Gasteiger partial charge in [0.25, 0.3) is 0 Å². The van der Waals surface area contributed by atoms with Crippen LogP contribution >= 0.6 is 0 Å². The first-order chi connectivity index (χ1) is 7.70. The zero-order valence-electron chi connectivity index (χ0n) is 9.09. The van der Waals surface area contributed by atoms with Crippen LogP contribution in [0.15, 0.2) is 18.3 Å². The van der Waals surface area contributed by atoms with Gasteiger partial charge >= 0.3 is 5.69 Å². The van der Waals surface area contributed by atoms with Crippen molar-refractivity contribution in [3.05, 3.63) is 28.4 Å². The molecule has 0 amide bonds. The van der Waals surface area contributed by atoms with Gasteiger partial charge in [0.1, 0.15) is 0 Å². The van der Waals surface area contributed by atoms with Gasteiger partial charge in [-0.05, 0) is 13.0 Å². The summed E-state index contributed by atoms with van der Waals surface area (Å²) in [4.78, 5) is 16.6. The van der Waals surface area contributed by atoms with Crippen LogP contribution in [0.2, 0.25) is 0 Å². The van der Waals surface area contributed by atoms with Crippen LogP contribution in [0.5, 0.6) is 0 Å². The highest BCUT2D eigenvalue weighted by Gasteiger charge is 2.26. The van der Waals surface area contributed by atoms with Crippen LogP contribution < -0.4 is 10.2 Å². The number of piperazine rings is 1. The lowest BCUT2D eigenvalue weighted by atomic mass is 10.2. The maximum atomic E-state index is 10.9. The van der Waals surface area contributed by atoms with E-state index in [0.29, 0.717) is 5.82 Å². The Morgan fingerprint density at radius 2 is 2.50 bits per heavy atom. The first-order valence-corrected chi connectivity index (χ1v) is 5.27. The van der Waals surface area contributed by atoms with Crippen molar-refractivity contribution < 1.29 is 4.92 Å². The molecule has 86 valence electrons. The van der Waals surface area contributed by atoms with E-state index >= 15 is 0 Å². The van der Waals surface area contributed by atoms with Crippen LogP contribution in [-0.2, 0) is 0 Å². The Morgan fingerprint density at radius 3 is 3.19 bits per heavy atom. The smallest absolute Gasteiger partial charge is 0.311 e. The Hall–Kier alpha value is -1.69. The molecule has 1 aromatic heterocycles. The van der Waals surface area contributed by atoms with Gasteiger partial charge in [0, 0.05) is 37.9 Å². The minimum absolute atomic E-state index is 0.0799. The molecule has 1 fully saturated rings. The molecule has 1 saturated heterocycles. The van der Waals surface area contributed by atoms with E-state index in [-0.39, 0.29) is 16.7 Å². The lowest BCUT2D eigenvalue weighted by Crippen LogP contribution is -2.50. The van der Waals surface area contributed by atoms with Crippen molar-refractivity contribution in [1.29, 1.82) is 0 Å². The van der Waals surface area contributed by atoms with E-state index in [1.165, 1.54) is 6.07 Å². The molecule has 2 heterocycles. The van der Waals surface area contributed by atoms with Crippen molar-refractivity contribution in [3.8, 4) is 0 Å². The molecule has 6 nitrogen and oxygen atoms in total. The predicted molar refractivity (Wildman–Crippen MR) is 60.6 cm³/mol. The lowest BCUT2D eigenvalue weighted by molar-refractivity contribution is -0.384. The minimum Gasteiger partial charge on any atom is -0.346 e. The summed E-state index contributed by atoms with van der Waals surface area (Å²) in [6, 6.07) is 3.31. The number of hydrogen-bond donors (Lipinski definition) is 1. The third-order valence-corrected chi connectivity index (χ3v) is 2.74. The fourth-order valence-electron chi connectivity index (χ4n) is 1.91. The van der Waals surface area contributed by atoms with Gasteiger partial charge in [-0.1, -0.05) is 0 Å². The van der Waals surface area contributed by atoms with Gasteiger partial charge in [-0.2, -0.15) is 0 Å². The number of nitro groups is 1. The van der Waals surface area contributed by atoms with Gasteiger partial charge in [-0.15, -0.1) is 0 Å². The average Bonchev–Trinajstić information content (AvgIpc) is 2.29. The van der Waals surface area contributed by atoms with Gasteiger partial charge < -0.3 is 10.2 Å². The molecular formula is C10H14N4O2. The van der Waals surface area contributed by atoms with Crippen LogP contribution in [0.1, 0.15) is 6.92 Å².